The van der Waals surface area contributed by atoms with Crippen molar-refractivity contribution in [2.45, 2.75) is 19.3 Å². The standard InChI is InChI=1S/C27H29N5O2/c33-26(28-11-14-32-12-2-3-13-32)22-16-20-6-1-4-15-34-24-8-5-7-21(19-24)25-9-10-29-27(31-25)30-23(17-20)18-22/h1,5-10,16-19H,2-4,11-15H2,(H,28,33)(H,29,30,31)/b6-1+. The molecule has 2 aromatic carbocycles. The van der Waals surface area contributed by atoms with Gasteiger partial charge in [-0.15, -0.1) is 0 Å². The van der Waals surface area contributed by atoms with Crippen LogP contribution in [0.15, 0.2) is 60.8 Å². The highest BCUT2D eigenvalue weighted by atomic mass is 16.5. The first-order chi connectivity index (χ1) is 16.7. The van der Waals surface area contributed by atoms with Crippen LogP contribution >= 0.6 is 0 Å². The van der Waals surface area contributed by atoms with Gasteiger partial charge >= 0.3 is 0 Å². The number of anilines is 2. The summed E-state index contributed by atoms with van der Waals surface area (Å²) in [4.78, 5) is 24.4. The zero-order valence-corrected chi connectivity index (χ0v) is 19.2. The number of rotatable bonds is 4. The van der Waals surface area contributed by atoms with Crippen LogP contribution in [0.25, 0.3) is 17.3 Å². The van der Waals surface area contributed by atoms with Crippen LogP contribution in [0, 0.1) is 0 Å². The number of ether oxygens (including phenoxy) is 1. The second-order valence-corrected chi connectivity index (χ2v) is 8.61. The third-order valence-corrected chi connectivity index (χ3v) is 6.03. The molecular weight excluding hydrogens is 426 g/mol. The summed E-state index contributed by atoms with van der Waals surface area (Å²) in [5.41, 5.74) is 4.06. The van der Waals surface area contributed by atoms with Gasteiger partial charge in [0, 0.05) is 36.1 Å². The van der Waals surface area contributed by atoms with Crippen LogP contribution in [0.1, 0.15) is 35.2 Å². The maximum absolute atomic E-state index is 12.9. The molecule has 7 nitrogen and oxygen atoms in total. The molecule has 1 saturated heterocycles. The van der Waals surface area contributed by atoms with Gasteiger partial charge in [0.25, 0.3) is 5.91 Å². The zero-order valence-electron chi connectivity index (χ0n) is 19.2. The van der Waals surface area contributed by atoms with Crippen molar-refractivity contribution in [2.24, 2.45) is 0 Å². The van der Waals surface area contributed by atoms with Crippen LogP contribution in [0.5, 0.6) is 5.75 Å². The maximum Gasteiger partial charge on any atom is 0.251 e. The van der Waals surface area contributed by atoms with E-state index in [4.69, 9.17) is 4.74 Å². The lowest BCUT2D eigenvalue weighted by molar-refractivity contribution is 0.0949. The van der Waals surface area contributed by atoms with Crippen LogP contribution in [-0.2, 0) is 0 Å². The monoisotopic (exact) mass is 455 g/mol. The predicted octanol–water partition coefficient (Wildman–Crippen LogP) is 4.51. The number of fused-ring (bicyclic) bond motifs is 7. The molecule has 0 saturated carbocycles. The quantitative estimate of drug-likeness (QED) is 0.603. The molecule has 1 aromatic heterocycles. The second kappa shape index (κ2) is 10.5. The minimum absolute atomic E-state index is 0.0792. The Balaban J connectivity index is 1.40. The molecule has 0 unspecified atom stereocenters. The van der Waals surface area contributed by atoms with E-state index in [0.717, 1.165) is 54.3 Å². The van der Waals surface area contributed by atoms with Gasteiger partial charge in [0.1, 0.15) is 5.75 Å². The summed E-state index contributed by atoms with van der Waals surface area (Å²) in [5.74, 6) is 1.20. The van der Waals surface area contributed by atoms with Gasteiger partial charge in [-0.05, 0) is 74.3 Å². The summed E-state index contributed by atoms with van der Waals surface area (Å²) in [6.45, 7) is 4.34. The van der Waals surface area contributed by atoms with Crippen molar-refractivity contribution in [3.63, 3.8) is 0 Å². The van der Waals surface area contributed by atoms with Gasteiger partial charge < -0.3 is 20.3 Å². The zero-order chi connectivity index (χ0) is 23.2. The van der Waals surface area contributed by atoms with Gasteiger partial charge in [0.2, 0.25) is 5.95 Å². The van der Waals surface area contributed by atoms with Crippen molar-refractivity contribution in [3.05, 3.63) is 71.9 Å². The summed E-state index contributed by atoms with van der Waals surface area (Å²) in [6.07, 6.45) is 9.06. The number of aromatic nitrogens is 2. The average Bonchev–Trinajstić information content (AvgIpc) is 3.37. The number of carbonyl (C=O) groups excluding carboxylic acids is 1. The number of hydrogen-bond acceptors (Lipinski definition) is 6. The Morgan fingerprint density at radius 3 is 2.94 bits per heavy atom. The average molecular weight is 456 g/mol. The van der Waals surface area contributed by atoms with E-state index in [-0.39, 0.29) is 5.91 Å². The van der Waals surface area contributed by atoms with Gasteiger partial charge in [-0.25, -0.2) is 9.97 Å². The molecule has 0 spiro atoms. The molecule has 0 radical (unpaired) electrons. The van der Waals surface area contributed by atoms with Crippen molar-refractivity contribution in [1.82, 2.24) is 20.2 Å². The predicted molar refractivity (Wildman–Crippen MR) is 134 cm³/mol. The molecule has 1 fully saturated rings. The van der Waals surface area contributed by atoms with Gasteiger partial charge in [0.15, 0.2) is 0 Å². The summed E-state index contributed by atoms with van der Waals surface area (Å²) in [6, 6.07) is 15.5. The number of likely N-dealkylation sites (tertiary alicyclic amines) is 1. The third kappa shape index (κ3) is 5.61. The fourth-order valence-electron chi connectivity index (χ4n) is 4.31. The molecular formula is C27H29N5O2. The Kier molecular flexibility index (Phi) is 6.81. The molecule has 1 amide bonds. The molecule has 3 aromatic rings. The lowest BCUT2D eigenvalue weighted by Gasteiger charge is -2.15. The molecule has 0 aliphatic carbocycles. The fourth-order valence-corrected chi connectivity index (χ4v) is 4.31. The fraction of sp³-hybridized carbons (Fsp3) is 0.296. The van der Waals surface area contributed by atoms with E-state index in [1.54, 1.807) is 6.20 Å². The normalized spacial score (nSPS) is 16.5. The molecule has 2 N–H and O–H groups in total. The van der Waals surface area contributed by atoms with Crippen molar-refractivity contribution in [3.8, 4) is 17.0 Å². The highest BCUT2D eigenvalue weighted by Crippen LogP contribution is 2.25. The molecule has 34 heavy (non-hydrogen) atoms. The summed E-state index contributed by atoms with van der Waals surface area (Å²) in [7, 11) is 0. The summed E-state index contributed by atoms with van der Waals surface area (Å²) >= 11 is 0. The second-order valence-electron chi connectivity index (χ2n) is 8.61. The van der Waals surface area contributed by atoms with E-state index in [0.29, 0.717) is 24.7 Å². The number of hydrogen-bond donors (Lipinski definition) is 2. The molecule has 174 valence electrons. The van der Waals surface area contributed by atoms with Crippen LogP contribution < -0.4 is 15.4 Å². The first-order valence-corrected chi connectivity index (χ1v) is 11.9. The lowest BCUT2D eigenvalue weighted by Crippen LogP contribution is -2.33. The molecule has 2 aliphatic rings. The highest BCUT2D eigenvalue weighted by Gasteiger charge is 2.13. The minimum atomic E-state index is -0.0792. The Morgan fingerprint density at radius 1 is 1.12 bits per heavy atom. The smallest absolute Gasteiger partial charge is 0.251 e. The van der Waals surface area contributed by atoms with Gasteiger partial charge in [-0.3, -0.25) is 4.79 Å². The molecule has 0 atom stereocenters. The van der Waals surface area contributed by atoms with Crippen molar-refractivity contribution >= 4 is 23.6 Å². The van der Waals surface area contributed by atoms with Crippen molar-refractivity contribution in [2.75, 3.05) is 38.1 Å². The SMILES string of the molecule is O=C(NCCN1CCCC1)c1cc2cc(c1)Nc1nccc(n1)-c1cccc(c1)OCC/C=C/2. The van der Waals surface area contributed by atoms with Crippen LogP contribution in [-0.4, -0.2) is 53.6 Å². The van der Waals surface area contributed by atoms with E-state index in [1.165, 1.54) is 12.8 Å². The first-order valence-electron chi connectivity index (χ1n) is 11.9. The van der Waals surface area contributed by atoms with E-state index in [1.807, 2.05) is 54.6 Å². The third-order valence-electron chi connectivity index (χ3n) is 6.03. The summed E-state index contributed by atoms with van der Waals surface area (Å²) in [5, 5.41) is 6.35. The Hall–Kier alpha value is -3.71. The van der Waals surface area contributed by atoms with E-state index in [9.17, 15) is 4.79 Å². The molecule has 3 heterocycles. The van der Waals surface area contributed by atoms with Crippen molar-refractivity contribution in [1.29, 1.82) is 0 Å². The number of amides is 1. The van der Waals surface area contributed by atoms with Crippen LogP contribution in [0.4, 0.5) is 11.6 Å². The molecule has 7 heteroatoms. The number of nitrogens with zero attached hydrogens (tertiary/aromatic N) is 3. The van der Waals surface area contributed by atoms with Crippen LogP contribution in [0.3, 0.4) is 0 Å². The van der Waals surface area contributed by atoms with E-state index in [2.05, 4.69) is 31.6 Å². The van der Waals surface area contributed by atoms with E-state index < -0.39 is 0 Å². The van der Waals surface area contributed by atoms with Gasteiger partial charge in [-0.2, -0.15) is 0 Å². The van der Waals surface area contributed by atoms with E-state index >= 15 is 0 Å². The first kappa shape index (κ1) is 22.1. The number of carbonyl (C=O) groups is 1. The van der Waals surface area contributed by atoms with Gasteiger partial charge in [-0.1, -0.05) is 24.3 Å². The number of nitrogens with one attached hydrogen (secondary N) is 2. The Labute approximate surface area is 199 Å². The largest absolute Gasteiger partial charge is 0.493 e. The molecule has 2 aliphatic heterocycles. The topological polar surface area (TPSA) is 79.4 Å². The number of benzene rings is 2. The summed E-state index contributed by atoms with van der Waals surface area (Å²) < 4.78 is 5.92. The van der Waals surface area contributed by atoms with Crippen molar-refractivity contribution < 1.29 is 9.53 Å². The maximum atomic E-state index is 12.9. The molecule has 5 rings (SSSR count). The highest BCUT2D eigenvalue weighted by molar-refractivity contribution is 5.96. The van der Waals surface area contributed by atoms with Gasteiger partial charge in [0.05, 0.1) is 12.3 Å². The molecule has 6 bridgehead atoms. The Morgan fingerprint density at radius 2 is 2.03 bits per heavy atom. The Bertz CT molecular complexity index is 1190. The lowest BCUT2D eigenvalue weighted by atomic mass is 10.1. The minimum Gasteiger partial charge on any atom is -0.493 e. The van der Waals surface area contributed by atoms with Crippen LogP contribution in [0.2, 0.25) is 0 Å².